The van der Waals surface area contributed by atoms with Crippen LogP contribution in [0.4, 0.5) is 0 Å². The van der Waals surface area contributed by atoms with Crippen LogP contribution in [0, 0.1) is 0 Å². The van der Waals surface area contributed by atoms with Crippen molar-refractivity contribution in [2.75, 3.05) is 31.6 Å². The highest BCUT2D eigenvalue weighted by Crippen LogP contribution is 2.20. The van der Waals surface area contributed by atoms with Crippen LogP contribution in [0.2, 0.25) is 0 Å². The molecule has 2 atom stereocenters. The lowest BCUT2D eigenvalue weighted by molar-refractivity contribution is 0.139. The van der Waals surface area contributed by atoms with E-state index in [4.69, 9.17) is 0 Å². The summed E-state index contributed by atoms with van der Waals surface area (Å²) in [5, 5.41) is 3.68. The molecule has 0 aromatic heterocycles. The van der Waals surface area contributed by atoms with E-state index in [1.54, 1.807) is 0 Å². The minimum Gasteiger partial charge on any atom is -0.307 e. The predicted octanol–water partition coefficient (Wildman–Crippen LogP) is 3.55. The van der Waals surface area contributed by atoms with E-state index in [9.17, 15) is 0 Å². The smallest absolute Gasteiger partial charge is 0.0449 e. The van der Waals surface area contributed by atoms with Gasteiger partial charge in [0.05, 0.1) is 0 Å². The monoisotopic (exact) mass is 292 g/mol. The molecule has 112 valence electrons. The third-order valence-electron chi connectivity index (χ3n) is 4.20. The first-order chi connectivity index (χ1) is 9.81. The summed E-state index contributed by atoms with van der Waals surface area (Å²) in [6.45, 7) is 5.84. The van der Waals surface area contributed by atoms with E-state index in [1.165, 1.54) is 37.1 Å². The highest BCUT2D eigenvalue weighted by Gasteiger charge is 2.25. The van der Waals surface area contributed by atoms with Crippen molar-refractivity contribution in [1.29, 1.82) is 0 Å². The first-order valence-electron chi connectivity index (χ1n) is 7.82. The van der Waals surface area contributed by atoms with Gasteiger partial charge in [0, 0.05) is 25.2 Å². The highest BCUT2D eigenvalue weighted by atomic mass is 32.2. The molecule has 1 aliphatic heterocycles. The van der Waals surface area contributed by atoms with Crippen molar-refractivity contribution < 1.29 is 0 Å². The number of hydrogen-bond acceptors (Lipinski definition) is 3. The van der Waals surface area contributed by atoms with Gasteiger partial charge in [-0.3, -0.25) is 4.90 Å². The summed E-state index contributed by atoms with van der Waals surface area (Å²) in [4.78, 5) is 2.66. The summed E-state index contributed by atoms with van der Waals surface area (Å²) in [7, 11) is 0. The lowest BCUT2D eigenvalue weighted by Gasteiger charge is -2.39. The Kier molecular flexibility index (Phi) is 6.91. The average molecular weight is 292 g/mol. The number of nitrogens with zero attached hydrogens (tertiary/aromatic N) is 1. The van der Waals surface area contributed by atoms with Crippen LogP contribution in [0.1, 0.15) is 37.8 Å². The lowest BCUT2D eigenvalue weighted by Crippen LogP contribution is -2.51. The van der Waals surface area contributed by atoms with Gasteiger partial charge in [0.2, 0.25) is 0 Å². The van der Waals surface area contributed by atoms with E-state index >= 15 is 0 Å². The normalized spacial score (nSPS) is 23.9. The van der Waals surface area contributed by atoms with Crippen LogP contribution < -0.4 is 5.32 Å². The zero-order valence-corrected chi connectivity index (χ0v) is 13.7. The standard InChI is InChI=1S/C17H28N2S/c1-15-13-18-17(16-9-5-3-6-10-16)14-19(15)11-7-4-8-12-20-2/h3,5-6,9-10,15,17-18H,4,7-8,11-14H2,1-2H3. The minimum atomic E-state index is 0.499. The zero-order valence-electron chi connectivity index (χ0n) is 12.8. The number of piperazine rings is 1. The van der Waals surface area contributed by atoms with Gasteiger partial charge in [-0.25, -0.2) is 0 Å². The number of nitrogens with one attached hydrogen (secondary N) is 1. The van der Waals surface area contributed by atoms with Crippen LogP contribution >= 0.6 is 11.8 Å². The summed E-state index contributed by atoms with van der Waals surface area (Å²) in [5.41, 5.74) is 1.42. The maximum Gasteiger partial charge on any atom is 0.0449 e. The Balaban J connectivity index is 1.79. The van der Waals surface area contributed by atoms with E-state index in [2.05, 4.69) is 53.7 Å². The third-order valence-corrected chi connectivity index (χ3v) is 4.89. The number of benzene rings is 1. The molecular weight excluding hydrogens is 264 g/mol. The molecule has 2 unspecified atom stereocenters. The Morgan fingerprint density at radius 1 is 1.20 bits per heavy atom. The quantitative estimate of drug-likeness (QED) is 0.774. The van der Waals surface area contributed by atoms with Crippen LogP contribution in [-0.4, -0.2) is 42.6 Å². The van der Waals surface area contributed by atoms with Crippen molar-refractivity contribution >= 4 is 11.8 Å². The summed E-state index contributed by atoms with van der Waals surface area (Å²) in [5.74, 6) is 1.31. The van der Waals surface area contributed by atoms with Crippen molar-refractivity contribution in [2.24, 2.45) is 0 Å². The summed E-state index contributed by atoms with van der Waals surface area (Å²) in [6.07, 6.45) is 6.27. The molecule has 1 aliphatic rings. The highest BCUT2D eigenvalue weighted by molar-refractivity contribution is 7.98. The molecule has 1 fully saturated rings. The molecule has 0 bridgehead atoms. The molecule has 0 saturated carbocycles. The molecule has 20 heavy (non-hydrogen) atoms. The first kappa shape index (κ1) is 15.9. The Labute approximate surface area is 128 Å². The lowest BCUT2D eigenvalue weighted by atomic mass is 10.0. The van der Waals surface area contributed by atoms with Crippen LogP contribution in [0.25, 0.3) is 0 Å². The Morgan fingerprint density at radius 2 is 2.00 bits per heavy atom. The average Bonchev–Trinajstić information content (AvgIpc) is 2.49. The van der Waals surface area contributed by atoms with Crippen molar-refractivity contribution in [1.82, 2.24) is 10.2 Å². The summed E-state index contributed by atoms with van der Waals surface area (Å²) in [6, 6.07) is 12.0. The molecule has 2 nitrogen and oxygen atoms in total. The van der Waals surface area contributed by atoms with E-state index < -0.39 is 0 Å². The van der Waals surface area contributed by atoms with Gasteiger partial charge in [0.15, 0.2) is 0 Å². The fraction of sp³-hybridized carbons (Fsp3) is 0.647. The summed E-state index contributed by atoms with van der Waals surface area (Å²) >= 11 is 1.96. The van der Waals surface area contributed by atoms with E-state index in [1.807, 2.05) is 11.8 Å². The number of hydrogen-bond donors (Lipinski definition) is 1. The van der Waals surface area contributed by atoms with E-state index in [0.717, 1.165) is 13.1 Å². The predicted molar refractivity (Wildman–Crippen MR) is 90.5 cm³/mol. The minimum absolute atomic E-state index is 0.499. The molecule has 0 aliphatic carbocycles. The molecule has 0 radical (unpaired) electrons. The Hall–Kier alpha value is -0.510. The van der Waals surface area contributed by atoms with Crippen molar-refractivity contribution in [3.8, 4) is 0 Å². The second-order valence-corrected chi connectivity index (χ2v) is 6.75. The second kappa shape index (κ2) is 8.71. The number of unbranched alkanes of at least 4 members (excludes halogenated alkanes) is 2. The topological polar surface area (TPSA) is 15.3 Å². The molecule has 2 rings (SSSR count). The van der Waals surface area contributed by atoms with Gasteiger partial charge in [-0.1, -0.05) is 36.8 Å². The second-order valence-electron chi connectivity index (χ2n) is 5.77. The van der Waals surface area contributed by atoms with Gasteiger partial charge >= 0.3 is 0 Å². The van der Waals surface area contributed by atoms with Crippen molar-refractivity contribution in [2.45, 2.75) is 38.3 Å². The maximum atomic E-state index is 3.68. The molecule has 1 saturated heterocycles. The van der Waals surface area contributed by atoms with Crippen LogP contribution in [0.5, 0.6) is 0 Å². The maximum absolute atomic E-state index is 3.68. The van der Waals surface area contributed by atoms with Gasteiger partial charge in [0.25, 0.3) is 0 Å². The molecular formula is C17H28N2S. The van der Waals surface area contributed by atoms with Gasteiger partial charge in [0.1, 0.15) is 0 Å². The van der Waals surface area contributed by atoms with Gasteiger partial charge in [-0.2, -0.15) is 11.8 Å². The Morgan fingerprint density at radius 3 is 2.75 bits per heavy atom. The van der Waals surface area contributed by atoms with Crippen molar-refractivity contribution in [3.05, 3.63) is 35.9 Å². The van der Waals surface area contributed by atoms with Gasteiger partial charge in [-0.15, -0.1) is 0 Å². The Bertz CT molecular complexity index is 369. The molecule has 0 amide bonds. The first-order valence-corrected chi connectivity index (χ1v) is 9.22. The fourth-order valence-electron chi connectivity index (χ4n) is 2.88. The third kappa shape index (κ3) is 4.80. The SMILES string of the molecule is CSCCCCCN1CC(c2ccccc2)NCC1C. The summed E-state index contributed by atoms with van der Waals surface area (Å²) < 4.78 is 0. The largest absolute Gasteiger partial charge is 0.307 e. The molecule has 1 heterocycles. The zero-order chi connectivity index (χ0) is 14.2. The number of rotatable bonds is 7. The molecule has 1 N–H and O–H groups in total. The van der Waals surface area contributed by atoms with E-state index in [0.29, 0.717) is 12.1 Å². The number of thioether (sulfide) groups is 1. The molecule has 1 aromatic rings. The van der Waals surface area contributed by atoms with Crippen LogP contribution in [-0.2, 0) is 0 Å². The molecule has 3 heteroatoms. The van der Waals surface area contributed by atoms with Gasteiger partial charge in [-0.05, 0) is 43.9 Å². The van der Waals surface area contributed by atoms with Crippen LogP contribution in [0.3, 0.4) is 0 Å². The molecule has 1 aromatic carbocycles. The fourth-order valence-corrected chi connectivity index (χ4v) is 3.37. The molecule has 0 spiro atoms. The van der Waals surface area contributed by atoms with E-state index in [-0.39, 0.29) is 0 Å². The van der Waals surface area contributed by atoms with Crippen molar-refractivity contribution in [3.63, 3.8) is 0 Å². The van der Waals surface area contributed by atoms with Gasteiger partial charge < -0.3 is 5.32 Å². The van der Waals surface area contributed by atoms with Crippen LogP contribution in [0.15, 0.2) is 30.3 Å².